The Kier molecular flexibility index (Phi) is 8.02. The summed E-state index contributed by atoms with van der Waals surface area (Å²) in [7, 11) is 0. The first-order chi connectivity index (χ1) is 14.2. The van der Waals surface area contributed by atoms with Crippen LogP contribution in [0.5, 0.6) is 0 Å². The van der Waals surface area contributed by atoms with E-state index in [1.807, 2.05) is 24.3 Å². The number of nitrogens with one attached hydrogen (secondary N) is 2. The third kappa shape index (κ3) is 6.54. The number of H-pyrrole nitrogens is 1. The van der Waals surface area contributed by atoms with Crippen LogP contribution in [0.15, 0.2) is 47.3 Å². The summed E-state index contributed by atoms with van der Waals surface area (Å²) in [5.74, 6) is -0.347. The molecule has 1 unspecified atom stereocenters. The number of carbonyl (C=O) groups is 1. The standard InChI is InChI=1S/C23H31N3O3/c1-2-3-13-26(16-18-8-5-4-6-9-18)17-19-11-12-21(23(28)25-19)22(27)24-15-20-10-7-14-29-20/h4-6,8-9,11-12,20H,2-3,7,10,13-17H2,1H3,(H,24,27)(H,25,28). The van der Waals surface area contributed by atoms with E-state index in [2.05, 4.69) is 34.3 Å². The molecular formula is C23H31N3O3. The average Bonchev–Trinajstić information content (AvgIpc) is 3.25. The third-order valence-corrected chi connectivity index (χ3v) is 5.20. The minimum absolute atomic E-state index is 0.0578. The van der Waals surface area contributed by atoms with Crippen LogP contribution < -0.4 is 10.9 Å². The summed E-state index contributed by atoms with van der Waals surface area (Å²) < 4.78 is 5.51. The zero-order valence-corrected chi connectivity index (χ0v) is 17.2. The van der Waals surface area contributed by atoms with E-state index < -0.39 is 0 Å². The Bertz CT molecular complexity index is 829. The normalized spacial score (nSPS) is 16.3. The number of aromatic nitrogens is 1. The van der Waals surface area contributed by atoms with Crippen molar-refractivity contribution >= 4 is 5.91 Å². The quantitative estimate of drug-likeness (QED) is 0.646. The highest BCUT2D eigenvalue weighted by Gasteiger charge is 2.18. The van der Waals surface area contributed by atoms with Crippen molar-refractivity contribution in [3.8, 4) is 0 Å². The van der Waals surface area contributed by atoms with Crippen LogP contribution in [-0.4, -0.2) is 41.6 Å². The first-order valence-corrected chi connectivity index (χ1v) is 10.5. The minimum atomic E-state index is -0.347. The van der Waals surface area contributed by atoms with Crippen molar-refractivity contribution in [1.82, 2.24) is 15.2 Å². The average molecular weight is 398 g/mol. The van der Waals surface area contributed by atoms with Crippen molar-refractivity contribution in [2.45, 2.75) is 51.8 Å². The van der Waals surface area contributed by atoms with Crippen LogP contribution in [0.4, 0.5) is 0 Å². The van der Waals surface area contributed by atoms with Crippen LogP contribution in [0.2, 0.25) is 0 Å². The Hall–Kier alpha value is -2.44. The lowest BCUT2D eigenvalue weighted by molar-refractivity contribution is 0.0856. The SMILES string of the molecule is CCCCN(Cc1ccccc1)Cc1ccc(C(=O)NCC2CCCO2)c(=O)[nH]1. The molecule has 1 saturated heterocycles. The molecule has 2 aromatic rings. The summed E-state index contributed by atoms with van der Waals surface area (Å²) in [5, 5.41) is 2.81. The minimum Gasteiger partial charge on any atom is -0.376 e. The van der Waals surface area contributed by atoms with Crippen LogP contribution in [0.25, 0.3) is 0 Å². The lowest BCUT2D eigenvalue weighted by Crippen LogP contribution is -2.35. The summed E-state index contributed by atoms with van der Waals surface area (Å²) in [6, 6.07) is 13.8. The van der Waals surface area contributed by atoms with Crippen molar-refractivity contribution in [2.24, 2.45) is 0 Å². The number of hydrogen-bond acceptors (Lipinski definition) is 4. The lowest BCUT2D eigenvalue weighted by atomic mass is 10.2. The summed E-state index contributed by atoms with van der Waals surface area (Å²) in [4.78, 5) is 30.0. The molecule has 1 aromatic heterocycles. The molecular weight excluding hydrogens is 366 g/mol. The number of carbonyl (C=O) groups excluding carboxylic acids is 1. The van der Waals surface area contributed by atoms with Gasteiger partial charge in [-0.2, -0.15) is 0 Å². The van der Waals surface area contributed by atoms with E-state index in [9.17, 15) is 9.59 Å². The van der Waals surface area contributed by atoms with Gasteiger partial charge in [0.2, 0.25) is 0 Å². The van der Waals surface area contributed by atoms with Crippen LogP contribution in [0, 0.1) is 0 Å². The maximum Gasteiger partial charge on any atom is 0.261 e. The third-order valence-electron chi connectivity index (χ3n) is 5.20. The molecule has 0 bridgehead atoms. The molecule has 29 heavy (non-hydrogen) atoms. The molecule has 156 valence electrons. The predicted molar refractivity (Wildman–Crippen MR) is 114 cm³/mol. The maximum absolute atomic E-state index is 12.5. The largest absolute Gasteiger partial charge is 0.376 e. The Labute approximate surface area is 172 Å². The Morgan fingerprint density at radius 1 is 1.21 bits per heavy atom. The molecule has 6 heteroatoms. The summed E-state index contributed by atoms with van der Waals surface area (Å²) >= 11 is 0. The summed E-state index contributed by atoms with van der Waals surface area (Å²) in [6.07, 6.45) is 4.24. The molecule has 0 spiro atoms. The van der Waals surface area contributed by atoms with Crippen molar-refractivity contribution in [2.75, 3.05) is 19.7 Å². The van der Waals surface area contributed by atoms with Crippen molar-refractivity contribution in [1.29, 1.82) is 0 Å². The number of amides is 1. The summed E-state index contributed by atoms with van der Waals surface area (Å²) in [6.45, 7) is 5.79. The van der Waals surface area contributed by atoms with Crippen LogP contribution >= 0.6 is 0 Å². The van der Waals surface area contributed by atoms with Gasteiger partial charge in [0.1, 0.15) is 5.56 Å². The van der Waals surface area contributed by atoms with Gasteiger partial charge in [0.25, 0.3) is 11.5 Å². The topological polar surface area (TPSA) is 74.4 Å². The first-order valence-electron chi connectivity index (χ1n) is 10.5. The number of unbranched alkanes of at least 4 members (excludes halogenated alkanes) is 1. The van der Waals surface area contributed by atoms with Crippen molar-refractivity contribution < 1.29 is 9.53 Å². The van der Waals surface area contributed by atoms with Crippen LogP contribution in [-0.2, 0) is 17.8 Å². The van der Waals surface area contributed by atoms with E-state index in [0.29, 0.717) is 13.1 Å². The van der Waals surface area contributed by atoms with E-state index in [1.54, 1.807) is 6.07 Å². The number of benzene rings is 1. The number of rotatable bonds is 10. The number of hydrogen-bond donors (Lipinski definition) is 2. The van der Waals surface area contributed by atoms with Crippen LogP contribution in [0.1, 0.15) is 54.2 Å². The van der Waals surface area contributed by atoms with E-state index in [1.165, 1.54) is 5.56 Å². The second-order valence-corrected chi connectivity index (χ2v) is 7.62. The first kappa shape index (κ1) is 21.3. The molecule has 1 atom stereocenters. The predicted octanol–water partition coefficient (Wildman–Crippen LogP) is 3.09. The number of ether oxygens (including phenoxy) is 1. The molecule has 0 radical (unpaired) electrons. The van der Waals surface area contributed by atoms with E-state index in [0.717, 1.165) is 51.1 Å². The molecule has 0 aliphatic carbocycles. The number of pyridine rings is 1. The molecule has 0 saturated carbocycles. The van der Waals surface area contributed by atoms with Gasteiger partial charge >= 0.3 is 0 Å². The molecule has 1 amide bonds. The van der Waals surface area contributed by atoms with E-state index >= 15 is 0 Å². The van der Waals surface area contributed by atoms with Gasteiger partial charge in [-0.15, -0.1) is 0 Å². The molecule has 1 aromatic carbocycles. The second-order valence-electron chi connectivity index (χ2n) is 7.62. The highest BCUT2D eigenvalue weighted by molar-refractivity contribution is 5.93. The fraction of sp³-hybridized carbons (Fsp3) is 0.478. The van der Waals surface area contributed by atoms with Crippen molar-refractivity contribution in [3.05, 3.63) is 69.6 Å². The van der Waals surface area contributed by atoms with Crippen molar-refractivity contribution in [3.63, 3.8) is 0 Å². The summed E-state index contributed by atoms with van der Waals surface area (Å²) in [5.41, 5.74) is 1.87. The second kappa shape index (κ2) is 10.9. The molecule has 1 aliphatic rings. The Morgan fingerprint density at radius 2 is 2.03 bits per heavy atom. The van der Waals surface area contributed by atoms with Gasteiger partial charge in [0.05, 0.1) is 6.10 Å². The molecule has 1 fully saturated rings. The fourth-order valence-electron chi connectivity index (χ4n) is 3.57. The van der Waals surface area contributed by atoms with Gasteiger partial charge in [0.15, 0.2) is 0 Å². The number of nitrogens with zero attached hydrogens (tertiary/aromatic N) is 1. The molecule has 1 aliphatic heterocycles. The van der Waals surface area contributed by atoms with E-state index in [4.69, 9.17) is 4.74 Å². The smallest absolute Gasteiger partial charge is 0.261 e. The van der Waals surface area contributed by atoms with Crippen LogP contribution in [0.3, 0.4) is 0 Å². The monoisotopic (exact) mass is 397 g/mol. The highest BCUT2D eigenvalue weighted by Crippen LogP contribution is 2.11. The molecule has 2 heterocycles. The maximum atomic E-state index is 12.5. The number of aromatic amines is 1. The molecule has 6 nitrogen and oxygen atoms in total. The van der Waals surface area contributed by atoms with Gasteiger partial charge < -0.3 is 15.0 Å². The molecule has 3 rings (SSSR count). The van der Waals surface area contributed by atoms with Gasteiger partial charge in [-0.3, -0.25) is 14.5 Å². The van der Waals surface area contributed by atoms with Gasteiger partial charge in [-0.25, -0.2) is 0 Å². The van der Waals surface area contributed by atoms with Gasteiger partial charge in [0, 0.05) is 31.9 Å². The zero-order chi connectivity index (χ0) is 20.5. The Morgan fingerprint density at radius 3 is 2.72 bits per heavy atom. The zero-order valence-electron chi connectivity index (χ0n) is 17.2. The highest BCUT2D eigenvalue weighted by atomic mass is 16.5. The van der Waals surface area contributed by atoms with Gasteiger partial charge in [-0.05, 0) is 43.5 Å². The molecule has 2 N–H and O–H groups in total. The Balaban J connectivity index is 1.62. The van der Waals surface area contributed by atoms with E-state index in [-0.39, 0.29) is 23.1 Å². The lowest BCUT2D eigenvalue weighted by Gasteiger charge is -2.22. The fourth-order valence-corrected chi connectivity index (χ4v) is 3.57. The van der Waals surface area contributed by atoms with Gasteiger partial charge in [-0.1, -0.05) is 43.7 Å².